The van der Waals surface area contributed by atoms with Gasteiger partial charge < -0.3 is 19.8 Å². The predicted octanol–water partition coefficient (Wildman–Crippen LogP) is 4.84. The molecule has 0 atom stereocenters. The Kier molecular flexibility index (Phi) is 6.80. The fraction of sp³-hybridized carbons (Fsp3) is 0.143. The molecule has 3 rings (SSSR count). The summed E-state index contributed by atoms with van der Waals surface area (Å²) in [5.41, 5.74) is 1.58. The van der Waals surface area contributed by atoms with Crippen LogP contribution in [0.25, 0.3) is 0 Å². The van der Waals surface area contributed by atoms with E-state index in [1.165, 1.54) is 6.07 Å². The van der Waals surface area contributed by atoms with E-state index >= 15 is 0 Å². The molecule has 2 aromatic carbocycles. The molecule has 0 spiro atoms. The first kappa shape index (κ1) is 20.8. The number of furan rings is 1. The van der Waals surface area contributed by atoms with E-state index in [0.29, 0.717) is 27.2 Å². The molecule has 8 heteroatoms. The Morgan fingerprint density at radius 3 is 2.38 bits per heavy atom. The van der Waals surface area contributed by atoms with E-state index < -0.39 is 11.8 Å². The smallest absolute Gasteiger partial charge is 0.287 e. The van der Waals surface area contributed by atoms with Crippen LogP contribution in [0.3, 0.4) is 0 Å². The van der Waals surface area contributed by atoms with Gasteiger partial charge in [-0.2, -0.15) is 0 Å². The number of halogens is 2. The van der Waals surface area contributed by atoms with Crippen molar-refractivity contribution in [1.29, 1.82) is 0 Å². The van der Waals surface area contributed by atoms with Crippen LogP contribution in [0.4, 0.5) is 5.69 Å². The van der Waals surface area contributed by atoms with E-state index in [1.807, 2.05) is 31.2 Å². The average molecular weight is 433 g/mol. The van der Waals surface area contributed by atoms with Crippen LogP contribution in [0, 0.1) is 6.92 Å². The minimum Gasteiger partial charge on any atom is -0.486 e. The fourth-order valence-electron chi connectivity index (χ4n) is 2.45. The zero-order valence-electron chi connectivity index (χ0n) is 15.5. The number of carbonyl (C=O) groups is 2. The lowest BCUT2D eigenvalue weighted by molar-refractivity contribution is -0.115. The van der Waals surface area contributed by atoms with Crippen molar-refractivity contribution >= 4 is 40.7 Å². The zero-order valence-corrected chi connectivity index (χ0v) is 17.0. The van der Waals surface area contributed by atoms with Crippen molar-refractivity contribution < 1.29 is 18.7 Å². The van der Waals surface area contributed by atoms with Gasteiger partial charge in [-0.1, -0.05) is 40.9 Å². The van der Waals surface area contributed by atoms with Crippen molar-refractivity contribution in [3.8, 4) is 5.75 Å². The van der Waals surface area contributed by atoms with Gasteiger partial charge in [0.1, 0.15) is 18.1 Å². The number of carbonyl (C=O) groups excluding carboxylic acids is 2. The third-order valence-corrected chi connectivity index (χ3v) is 4.28. The van der Waals surface area contributed by atoms with Crippen LogP contribution in [0.1, 0.15) is 21.9 Å². The number of rotatable bonds is 7. The van der Waals surface area contributed by atoms with Crippen LogP contribution in [0.2, 0.25) is 10.0 Å². The number of aryl methyl sites for hydroxylation is 1. The lowest BCUT2D eigenvalue weighted by Crippen LogP contribution is -2.32. The molecule has 2 N–H and O–H groups in total. The number of hydrogen-bond acceptors (Lipinski definition) is 4. The summed E-state index contributed by atoms with van der Waals surface area (Å²) in [4.78, 5) is 24.2. The minimum atomic E-state index is -0.508. The van der Waals surface area contributed by atoms with Crippen molar-refractivity contribution in [2.24, 2.45) is 0 Å². The van der Waals surface area contributed by atoms with Gasteiger partial charge in [0, 0.05) is 15.7 Å². The summed E-state index contributed by atoms with van der Waals surface area (Å²) in [5, 5.41) is 5.89. The summed E-state index contributed by atoms with van der Waals surface area (Å²) in [6.07, 6.45) is 0. The molecule has 0 saturated carbocycles. The van der Waals surface area contributed by atoms with Gasteiger partial charge in [0.15, 0.2) is 5.76 Å². The highest BCUT2D eigenvalue weighted by Crippen LogP contribution is 2.22. The second-order valence-corrected chi connectivity index (χ2v) is 7.13. The number of ether oxygens (including phenoxy) is 1. The normalized spacial score (nSPS) is 10.4. The van der Waals surface area contributed by atoms with Crippen LogP contribution in [-0.4, -0.2) is 18.4 Å². The summed E-state index contributed by atoms with van der Waals surface area (Å²) in [5.74, 6) is 0.354. The van der Waals surface area contributed by atoms with Crippen LogP contribution >= 0.6 is 23.2 Å². The highest BCUT2D eigenvalue weighted by Gasteiger charge is 2.13. The lowest BCUT2D eigenvalue weighted by atomic mass is 10.2. The van der Waals surface area contributed by atoms with Crippen molar-refractivity contribution in [3.63, 3.8) is 0 Å². The van der Waals surface area contributed by atoms with Crippen molar-refractivity contribution in [1.82, 2.24) is 5.32 Å². The highest BCUT2D eigenvalue weighted by atomic mass is 35.5. The fourth-order valence-corrected chi connectivity index (χ4v) is 2.97. The maximum Gasteiger partial charge on any atom is 0.287 e. The van der Waals surface area contributed by atoms with Gasteiger partial charge in [0.25, 0.3) is 5.91 Å². The molecule has 0 aliphatic carbocycles. The Bertz CT molecular complexity index is 996. The monoisotopic (exact) mass is 432 g/mol. The first-order valence-electron chi connectivity index (χ1n) is 8.71. The van der Waals surface area contributed by atoms with Crippen LogP contribution in [0.15, 0.2) is 59.0 Å². The second-order valence-electron chi connectivity index (χ2n) is 6.26. The van der Waals surface area contributed by atoms with Gasteiger partial charge in [-0.25, -0.2) is 0 Å². The third-order valence-electron chi connectivity index (χ3n) is 3.84. The van der Waals surface area contributed by atoms with E-state index in [-0.39, 0.29) is 18.9 Å². The lowest BCUT2D eigenvalue weighted by Gasteiger charge is -2.07. The average Bonchev–Trinajstić information content (AvgIpc) is 3.14. The Morgan fingerprint density at radius 1 is 1.00 bits per heavy atom. The van der Waals surface area contributed by atoms with Gasteiger partial charge in [0.2, 0.25) is 5.91 Å². The highest BCUT2D eigenvalue weighted by molar-refractivity contribution is 6.35. The molecule has 1 heterocycles. The number of nitrogens with one attached hydrogen (secondary N) is 2. The molecule has 0 aliphatic heterocycles. The summed E-state index contributed by atoms with van der Waals surface area (Å²) in [6.45, 7) is 1.94. The summed E-state index contributed by atoms with van der Waals surface area (Å²) in [7, 11) is 0. The van der Waals surface area contributed by atoms with E-state index in [2.05, 4.69) is 10.6 Å². The standard InChI is InChI=1S/C21H18Cl2N2O4/c1-13-2-4-17(5-3-13)28-12-18-6-7-19(29-18)21(27)24-11-20(26)25-16-9-14(22)8-15(23)10-16/h2-10H,11-12H2,1H3,(H,24,27)(H,25,26). The molecule has 29 heavy (non-hydrogen) atoms. The van der Waals surface area contributed by atoms with E-state index in [0.717, 1.165) is 5.56 Å². The Morgan fingerprint density at radius 2 is 1.69 bits per heavy atom. The number of anilines is 1. The molecular formula is C21H18Cl2N2O4. The SMILES string of the molecule is Cc1ccc(OCc2ccc(C(=O)NCC(=O)Nc3cc(Cl)cc(Cl)c3)o2)cc1. The maximum absolute atomic E-state index is 12.2. The van der Waals surface area contributed by atoms with Gasteiger partial charge in [0.05, 0.1) is 6.54 Å². The third kappa shape index (κ3) is 6.27. The Labute approximate surface area is 177 Å². The minimum absolute atomic E-state index is 0.0890. The van der Waals surface area contributed by atoms with Crippen LogP contribution in [0.5, 0.6) is 5.75 Å². The largest absolute Gasteiger partial charge is 0.486 e. The summed E-state index contributed by atoms with van der Waals surface area (Å²) >= 11 is 11.8. The molecule has 0 bridgehead atoms. The number of hydrogen-bond donors (Lipinski definition) is 2. The molecule has 0 saturated heterocycles. The first-order valence-corrected chi connectivity index (χ1v) is 9.47. The maximum atomic E-state index is 12.2. The quantitative estimate of drug-likeness (QED) is 0.559. The molecule has 1 aromatic heterocycles. The molecule has 0 aliphatic rings. The van der Waals surface area contributed by atoms with Crippen molar-refractivity contribution in [2.75, 3.05) is 11.9 Å². The molecule has 6 nitrogen and oxygen atoms in total. The van der Waals surface area contributed by atoms with Gasteiger partial charge in [-0.15, -0.1) is 0 Å². The van der Waals surface area contributed by atoms with Gasteiger partial charge in [-0.3, -0.25) is 9.59 Å². The van der Waals surface area contributed by atoms with Crippen LogP contribution < -0.4 is 15.4 Å². The van der Waals surface area contributed by atoms with E-state index in [4.69, 9.17) is 32.4 Å². The molecule has 0 unspecified atom stereocenters. The molecule has 3 aromatic rings. The Hall–Kier alpha value is -2.96. The van der Waals surface area contributed by atoms with Crippen LogP contribution in [-0.2, 0) is 11.4 Å². The van der Waals surface area contributed by atoms with E-state index in [1.54, 1.807) is 24.3 Å². The summed E-state index contributed by atoms with van der Waals surface area (Å²) < 4.78 is 11.1. The zero-order chi connectivity index (χ0) is 20.8. The molecule has 150 valence electrons. The van der Waals surface area contributed by atoms with Crippen molar-refractivity contribution in [2.45, 2.75) is 13.5 Å². The van der Waals surface area contributed by atoms with Gasteiger partial charge >= 0.3 is 0 Å². The molecule has 0 radical (unpaired) electrons. The molecular weight excluding hydrogens is 415 g/mol. The first-order chi connectivity index (χ1) is 13.9. The van der Waals surface area contributed by atoms with E-state index in [9.17, 15) is 9.59 Å². The second kappa shape index (κ2) is 9.49. The molecule has 2 amide bonds. The number of benzene rings is 2. The topological polar surface area (TPSA) is 80.6 Å². The number of amides is 2. The Balaban J connectivity index is 1.48. The van der Waals surface area contributed by atoms with Crippen molar-refractivity contribution in [3.05, 3.63) is 81.7 Å². The van der Waals surface area contributed by atoms with Gasteiger partial charge in [-0.05, 0) is 49.4 Å². The molecule has 0 fully saturated rings. The summed E-state index contributed by atoms with van der Waals surface area (Å²) in [6, 6.07) is 15.4. The predicted molar refractivity (Wildman–Crippen MR) is 112 cm³/mol.